The number of methoxy groups -OCH3 is 1. The predicted octanol–water partition coefficient (Wildman–Crippen LogP) is -2.17. The third-order valence-corrected chi connectivity index (χ3v) is 1.61. The number of pyridine rings is 1. The van der Waals surface area contributed by atoms with E-state index in [-0.39, 0.29) is 24.0 Å². The second-order valence-corrected chi connectivity index (χ2v) is 2.32. The minimum absolute atomic E-state index is 0. The van der Waals surface area contributed by atoms with Gasteiger partial charge in [0.1, 0.15) is 12.8 Å². The molecular weight excluding hydrogens is 253 g/mol. The first-order chi connectivity index (χ1) is 4.74. The van der Waals surface area contributed by atoms with Crippen LogP contribution < -0.4 is 33.3 Å². The van der Waals surface area contributed by atoms with E-state index >= 15 is 0 Å². The molecule has 11 heavy (non-hydrogen) atoms. The Hall–Kier alpha value is -0.320. The molecule has 0 unspecified atom stereocenters. The van der Waals surface area contributed by atoms with Gasteiger partial charge in [-0.3, -0.25) is 0 Å². The molecule has 1 aromatic rings. The van der Waals surface area contributed by atoms with Gasteiger partial charge in [-0.1, -0.05) is 0 Å². The minimum Gasteiger partial charge on any atom is -1.00 e. The third-order valence-electron chi connectivity index (χ3n) is 1.61. The van der Waals surface area contributed by atoms with Crippen LogP contribution in [-0.4, -0.2) is 7.11 Å². The second kappa shape index (κ2) is 4.54. The largest absolute Gasteiger partial charge is 1.00 e. The molecule has 1 rings (SSSR count). The van der Waals surface area contributed by atoms with Crippen molar-refractivity contribution in [1.29, 1.82) is 0 Å². The summed E-state index contributed by atoms with van der Waals surface area (Å²) in [6.07, 6.45) is 1.98. The van der Waals surface area contributed by atoms with Gasteiger partial charge in [0.2, 0.25) is 0 Å². The highest BCUT2D eigenvalue weighted by Crippen LogP contribution is 2.06. The van der Waals surface area contributed by atoms with Gasteiger partial charge in [-0.05, 0) is 0 Å². The van der Waals surface area contributed by atoms with E-state index in [9.17, 15) is 0 Å². The predicted molar refractivity (Wildman–Crippen MR) is 38.9 cm³/mol. The van der Waals surface area contributed by atoms with Gasteiger partial charge in [-0.15, -0.1) is 0 Å². The fourth-order valence-corrected chi connectivity index (χ4v) is 0.786. The van der Waals surface area contributed by atoms with Gasteiger partial charge >= 0.3 is 0 Å². The highest BCUT2D eigenvalue weighted by atomic mass is 127. The molecule has 0 amide bonds. The highest BCUT2D eigenvalue weighted by molar-refractivity contribution is 5.18. The number of hydrogen-bond donors (Lipinski definition) is 0. The smallest absolute Gasteiger partial charge is 0.181 e. The molecule has 2 nitrogen and oxygen atoms in total. The zero-order valence-corrected chi connectivity index (χ0v) is 9.12. The Kier molecular flexibility index (Phi) is 4.40. The molecule has 0 aliphatic rings. The molecule has 3 heteroatoms. The van der Waals surface area contributed by atoms with Crippen molar-refractivity contribution < 1.29 is 33.3 Å². The topological polar surface area (TPSA) is 13.1 Å². The molecule has 0 spiro atoms. The average Bonchev–Trinajstić information content (AvgIpc) is 1.95. The Morgan fingerprint density at radius 1 is 1.45 bits per heavy atom. The summed E-state index contributed by atoms with van der Waals surface area (Å²) in [5.41, 5.74) is 1.19. The van der Waals surface area contributed by atoms with Crippen molar-refractivity contribution >= 4 is 0 Å². The average molecular weight is 265 g/mol. The van der Waals surface area contributed by atoms with Gasteiger partial charge in [0, 0.05) is 19.1 Å². The fraction of sp³-hybridized carbons (Fsp3) is 0.375. The van der Waals surface area contributed by atoms with Crippen molar-refractivity contribution in [3.05, 3.63) is 24.0 Å². The molecule has 0 saturated carbocycles. The van der Waals surface area contributed by atoms with Crippen LogP contribution in [0.15, 0.2) is 18.3 Å². The van der Waals surface area contributed by atoms with Gasteiger partial charge in [0.25, 0.3) is 0 Å². The molecule has 0 fully saturated rings. The summed E-state index contributed by atoms with van der Waals surface area (Å²) >= 11 is 0. The SMILES string of the molecule is COc1cc[n+](C)c(C)c1.[I-]. The number of aromatic nitrogens is 1. The zero-order valence-electron chi connectivity index (χ0n) is 6.97. The van der Waals surface area contributed by atoms with Crippen molar-refractivity contribution in [3.8, 4) is 5.75 Å². The first-order valence-electron chi connectivity index (χ1n) is 3.24. The van der Waals surface area contributed by atoms with Crippen LogP contribution in [0.1, 0.15) is 5.69 Å². The number of ether oxygens (including phenoxy) is 1. The molecular formula is C8H12INO. The fourth-order valence-electron chi connectivity index (χ4n) is 0.786. The molecule has 1 aromatic heterocycles. The Morgan fingerprint density at radius 3 is 2.55 bits per heavy atom. The van der Waals surface area contributed by atoms with E-state index in [1.807, 2.05) is 36.9 Å². The van der Waals surface area contributed by atoms with Gasteiger partial charge in [-0.25, -0.2) is 4.57 Å². The second-order valence-electron chi connectivity index (χ2n) is 2.32. The molecule has 0 aromatic carbocycles. The van der Waals surface area contributed by atoms with E-state index in [4.69, 9.17) is 4.74 Å². The van der Waals surface area contributed by atoms with Crippen LogP contribution in [0.3, 0.4) is 0 Å². The molecule has 0 saturated heterocycles. The maximum absolute atomic E-state index is 5.04. The Labute approximate surface area is 84.2 Å². The highest BCUT2D eigenvalue weighted by Gasteiger charge is 2.00. The summed E-state index contributed by atoms with van der Waals surface area (Å²) in [5, 5.41) is 0. The van der Waals surface area contributed by atoms with E-state index < -0.39 is 0 Å². The quantitative estimate of drug-likeness (QED) is 0.416. The molecule has 62 valence electrons. The number of aryl methyl sites for hydroxylation is 2. The molecule has 0 N–H and O–H groups in total. The van der Waals surface area contributed by atoms with E-state index in [0.29, 0.717) is 0 Å². The minimum atomic E-state index is 0. The summed E-state index contributed by atoms with van der Waals surface area (Å²) in [6, 6.07) is 3.94. The first kappa shape index (κ1) is 10.7. The lowest BCUT2D eigenvalue weighted by Gasteiger charge is -1.97. The normalized spacial score (nSPS) is 8.64. The zero-order chi connectivity index (χ0) is 7.56. The van der Waals surface area contributed by atoms with E-state index in [2.05, 4.69) is 0 Å². The Balaban J connectivity index is 0.000001000. The van der Waals surface area contributed by atoms with E-state index in [1.165, 1.54) is 5.69 Å². The van der Waals surface area contributed by atoms with Gasteiger partial charge in [0.15, 0.2) is 11.9 Å². The van der Waals surface area contributed by atoms with Crippen molar-refractivity contribution in [1.82, 2.24) is 0 Å². The summed E-state index contributed by atoms with van der Waals surface area (Å²) in [7, 11) is 3.68. The van der Waals surface area contributed by atoms with Crippen LogP contribution in [0.5, 0.6) is 5.75 Å². The Morgan fingerprint density at radius 2 is 2.09 bits per heavy atom. The lowest BCUT2D eigenvalue weighted by molar-refractivity contribution is -0.677. The summed E-state index contributed by atoms with van der Waals surface area (Å²) in [5.74, 6) is 0.913. The van der Waals surface area contributed by atoms with Crippen molar-refractivity contribution in [2.75, 3.05) is 7.11 Å². The van der Waals surface area contributed by atoms with Gasteiger partial charge < -0.3 is 28.7 Å². The molecule has 1 heterocycles. The van der Waals surface area contributed by atoms with Crippen LogP contribution in [-0.2, 0) is 7.05 Å². The monoisotopic (exact) mass is 265 g/mol. The van der Waals surface area contributed by atoms with Crippen LogP contribution >= 0.6 is 0 Å². The molecule has 0 bridgehead atoms. The maximum Gasteiger partial charge on any atom is 0.181 e. The lowest BCUT2D eigenvalue weighted by Crippen LogP contribution is -3.00. The number of rotatable bonds is 1. The molecule has 0 aliphatic heterocycles. The third kappa shape index (κ3) is 2.65. The van der Waals surface area contributed by atoms with Crippen LogP contribution in [0, 0.1) is 6.92 Å². The standard InChI is InChI=1S/C8H12NO.HI/c1-7-6-8(10-3)4-5-9(7)2;/h4-6H,1-3H3;1H/q+1;/p-1. The van der Waals surface area contributed by atoms with Crippen molar-refractivity contribution in [2.45, 2.75) is 6.92 Å². The molecule has 0 radical (unpaired) electrons. The number of nitrogens with zero attached hydrogens (tertiary/aromatic N) is 1. The molecule has 0 atom stereocenters. The van der Waals surface area contributed by atoms with E-state index in [1.54, 1.807) is 7.11 Å². The van der Waals surface area contributed by atoms with Crippen LogP contribution in [0.25, 0.3) is 0 Å². The lowest BCUT2D eigenvalue weighted by atomic mass is 10.3. The maximum atomic E-state index is 5.04. The molecule has 0 aliphatic carbocycles. The number of hydrogen-bond acceptors (Lipinski definition) is 1. The van der Waals surface area contributed by atoms with Crippen molar-refractivity contribution in [3.63, 3.8) is 0 Å². The summed E-state index contributed by atoms with van der Waals surface area (Å²) in [6.45, 7) is 2.04. The van der Waals surface area contributed by atoms with E-state index in [0.717, 1.165) is 5.75 Å². The van der Waals surface area contributed by atoms with Crippen LogP contribution in [0.4, 0.5) is 0 Å². The van der Waals surface area contributed by atoms with Crippen molar-refractivity contribution in [2.24, 2.45) is 7.05 Å². The number of halogens is 1. The summed E-state index contributed by atoms with van der Waals surface area (Å²) in [4.78, 5) is 0. The van der Waals surface area contributed by atoms with Crippen LogP contribution in [0.2, 0.25) is 0 Å². The van der Waals surface area contributed by atoms with Gasteiger partial charge in [0.05, 0.1) is 7.11 Å². The summed E-state index contributed by atoms with van der Waals surface area (Å²) < 4.78 is 7.08. The first-order valence-corrected chi connectivity index (χ1v) is 3.24. The Bertz CT molecular complexity index is 238. The van der Waals surface area contributed by atoms with Gasteiger partial charge in [-0.2, -0.15) is 0 Å².